The molecule has 2 heteroatoms. The third-order valence-electron chi connectivity index (χ3n) is 4.00. The molecule has 0 bridgehead atoms. The predicted molar refractivity (Wildman–Crippen MR) is 75.2 cm³/mol. The van der Waals surface area contributed by atoms with Crippen LogP contribution in [0.25, 0.3) is 11.6 Å². The van der Waals surface area contributed by atoms with Gasteiger partial charge in [0.2, 0.25) is 0 Å². The first-order chi connectivity index (χ1) is 9.33. The molecule has 2 aliphatic carbocycles. The maximum absolute atomic E-state index is 12.3. The van der Waals surface area contributed by atoms with Crippen LogP contribution in [-0.4, -0.2) is 0 Å². The van der Waals surface area contributed by atoms with Gasteiger partial charge in [0.25, 0.3) is 0 Å². The normalized spacial score (nSPS) is 15.5. The summed E-state index contributed by atoms with van der Waals surface area (Å²) >= 11 is 0. The Morgan fingerprint density at radius 3 is 2.30 bits per heavy atom. The first kappa shape index (κ1) is 13.3. The van der Waals surface area contributed by atoms with E-state index < -0.39 is 0 Å². The maximum atomic E-state index is 12.3. The van der Waals surface area contributed by atoms with E-state index in [-0.39, 0.29) is 24.6 Å². The molecule has 92 valence electrons. The molecule has 0 fully saturated rings. The molecule has 0 saturated heterocycles. The summed E-state index contributed by atoms with van der Waals surface area (Å²) in [6.07, 6.45) is 3.61. The second kappa shape index (κ2) is 5.02. The van der Waals surface area contributed by atoms with E-state index in [1.165, 1.54) is 22.3 Å². The fourth-order valence-electron chi connectivity index (χ4n) is 3.12. The molecule has 0 N–H and O–H groups in total. The average molecular weight is 252 g/mol. The van der Waals surface area contributed by atoms with Gasteiger partial charge < -0.3 is 5.11 Å². The minimum atomic E-state index is 0. The molecular weight excluding hydrogens is 239 g/mol. The molecule has 2 aromatic carbocycles. The summed E-state index contributed by atoms with van der Waals surface area (Å²) < 4.78 is 0. The molecule has 2 aromatic rings. The van der Waals surface area contributed by atoms with E-state index in [2.05, 4.69) is 36.4 Å². The topological polar surface area (TPSA) is 23.1 Å². The third-order valence-corrected chi connectivity index (χ3v) is 4.00. The van der Waals surface area contributed by atoms with Crippen LogP contribution in [0.4, 0.5) is 0 Å². The number of allylic oxidation sites excluding steroid dienone is 3. The largest absolute Gasteiger partial charge is 1.00 e. The molecule has 1 nitrogen and oxygen atoms in total. The Labute approximate surface area is 130 Å². The molecule has 0 saturated carbocycles. The van der Waals surface area contributed by atoms with Crippen molar-refractivity contribution in [3.05, 3.63) is 82.1 Å². The van der Waals surface area contributed by atoms with Crippen LogP contribution in [0.2, 0.25) is 0 Å². The van der Waals surface area contributed by atoms with Gasteiger partial charge in [0.1, 0.15) is 0 Å². The van der Waals surface area contributed by atoms with E-state index in [0.717, 1.165) is 17.6 Å². The van der Waals surface area contributed by atoms with Crippen LogP contribution in [0, 0.1) is 0 Å². The predicted octanol–water partition coefficient (Wildman–Crippen LogP) is -0.0422. The second-order valence-electron chi connectivity index (χ2n) is 5.18. The number of fused-ring (bicyclic) bond motifs is 2. The van der Waals surface area contributed by atoms with E-state index in [1.54, 1.807) is 0 Å². The Morgan fingerprint density at radius 1 is 0.800 bits per heavy atom. The van der Waals surface area contributed by atoms with Crippen LogP contribution in [0.1, 0.15) is 22.3 Å². The smallest absolute Gasteiger partial charge is 0.875 e. The van der Waals surface area contributed by atoms with Crippen molar-refractivity contribution < 1.29 is 24.0 Å². The molecule has 0 atom stereocenters. The van der Waals surface area contributed by atoms with Gasteiger partial charge in [-0.05, 0) is 46.2 Å². The molecule has 0 radical (unpaired) electrons. The van der Waals surface area contributed by atoms with Gasteiger partial charge in [0.05, 0.1) is 0 Å². The molecule has 0 aromatic heterocycles. The summed E-state index contributed by atoms with van der Waals surface area (Å²) in [6, 6.07) is 16.5. The van der Waals surface area contributed by atoms with Crippen LogP contribution in [-0.2, 0) is 12.8 Å². The van der Waals surface area contributed by atoms with Crippen molar-refractivity contribution in [2.75, 3.05) is 0 Å². The van der Waals surface area contributed by atoms with Crippen molar-refractivity contribution in [1.29, 1.82) is 0 Å². The Hall–Kier alpha value is -1.68. The van der Waals surface area contributed by atoms with Crippen LogP contribution in [0.15, 0.2) is 59.9 Å². The van der Waals surface area contributed by atoms with Crippen LogP contribution in [0.5, 0.6) is 0 Å². The van der Waals surface area contributed by atoms with Crippen LogP contribution >= 0.6 is 0 Å². The summed E-state index contributed by atoms with van der Waals surface area (Å²) in [5.41, 5.74) is 6.98. The quantitative estimate of drug-likeness (QED) is 0.653. The number of benzene rings is 2. The fourth-order valence-corrected chi connectivity index (χ4v) is 3.12. The number of hydrogen-bond donors (Lipinski definition) is 0. The number of hydrogen-bond acceptors (Lipinski definition) is 1. The fraction of sp³-hybridized carbons (Fsp3) is 0.111. The van der Waals surface area contributed by atoms with Gasteiger partial charge in [0, 0.05) is 0 Å². The Bertz CT molecular complexity index is 741. The Kier molecular flexibility index (Phi) is 3.34. The van der Waals surface area contributed by atoms with Crippen molar-refractivity contribution in [1.82, 2.24) is 0 Å². The molecule has 0 spiro atoms. The van der Waals surface area contributed by atoms with Crippen molar-refractivity contribution in [2.45, 2.75) is 12.8 Å². The van der Waals surface area contributed by atoms with Gasteiger partial charge in [-0.2, -0.15) is 0 Å². The van der Waals surface area contributed by atoms with Crippen LogP contribution in [0.3, 0.4) is 0 Å². The van der Waals surface area contributed by atoms with Crippen molar-refractivity contribution >= 4 is 11.6 Å². The van der Waals surface area contributed by atoms with Crippen molar-refractivity contribution in [3.8, 4) is 0 Å². The summed E-state index contributed by atoms with van der Waals surface area (Å²) in [6.45, 7) is 0. The molecule has 0 aliphatic heterocycles. The van der Waals surface area contributed by atoms with Gasteiger partial charge in [-0.15, -0.1) is 5.76 Å². The summed E-state index contributed by atoms with van der Waals surface area (Å²) in [7, 11) is 0. The summed E-state index contributed by atoms with van der Waals surface area (Å²) in [5, 5.41) is 12.3. The van der Waals surface area contributed by atoms with Gasteiger partial charge in [0.15, 0.2) is 0 Å². The summed E-state index contributed by atoms with van der Waals surface area (Å²) in [4.78, 5) is 0. The molecule has 20 heavy (non-hydrogen) atoms. The van der Waals surface area contributed by atoms with Gasteiger partial charge in [-0.25, -0.2) is 0 Å². The van der Waals surface area contributed by atoms with Gasteiger partial charge in [-0.1, -0.05) is 54.6 Å². The Morgan fingerprint density at radius 2 is 1.50 bits per heavy atom. The van der Waals surface area contributed by atoms with Crippen LogP contribution < -0.4 is 24.0 Å². The first-order valence-corrected chi connectivity index (χ1v) is 6.60. The first-order valence-electron chi connectivity index (χ1n) is 6.60. The van der Waals surface area contributed by atoms with Crippen molar-refractivity contribution in [2.24, 2.45) is 0 Å². The van der Waals surface area contributed by atoms with Crippen molar-refractivity contribution in [3.63, 3.8) is 0 Å². The standard InChI is InChI=1S/C18H14O.Li/c19-17-11-14-7-3-4-8-16(14)18(17)15-9-12-5-1-2-6-13(12)10-15;/h1-9,19H,10-11H2;/q;+1/p-1. The van der Waals surface area contributed by atoms with E-state index >= 15 is 0 Å². The molecule has 0 unspecified atom stereocenters. The van der Waals surface area contributed by atoms with E-state index in [1.807, 2.05) is 18.2 Å². The average Bonchev–Trinajstić information content (AvgIpc) is 2.97. The molecule has 0 amide bonds. The monoisotopic (exact) mass is 252 g/mol. The molecule has 2 aliphatic rings. The van der Waals surface area contributed by atoms with Gasteiger partial charge in [-0.3, -0.25) is 0 Å². The minimum Gasteiger partial charge on any atom is -0.875 e. The van der Waals surface area contributed by atoms with Gasteiger partial charge >= 0.3 is 18.9 Å². The zero-order valence-electron chi connectivity index (χ0n) is 11.5. The Balaban J connectivity index is 0.00000121. The third kappa shape index (κ3) is 1.95. The SMILES string of the molecule is [Li+].[O-]C1=C(C2=Cc3ccccc3C2)c2ccccc2C1. The van der Waals surface area contributed by atoms with E-state index in [9.17, 15) is 5.11 Å². The maximum Gasteiger partial charge on any atom is 1.00 e. The zero-order valence-corrected chi connectivity index (χ0v) is 11.5. The van der Waals surface area contributed by atoms with E-state index in [0.29, 0.717) is 6.42 Å². The second-order valence-corrected chi connectivity index (χ2v) is 5.18. The summed E-state index contributed by atoms with van der Waals surface area (Å²) in [5.74, 6) is 0.264. The number of rotatable bonds is 1. The zero-order chi connectivity index (χ0) is 12.8. The molecular formula is C18H13LiO. The molecule has 0 heterocycles. The molecule has 4 rings (SSSR count). The van der Waals surface area contributed by atoms with E-state index in [4.69, 9.17) is 0 Å². The minimum absolute atomic E-state index is 0.